The predicted molar refractivity (Wildman–Crippen MR) is 88.3 cm³/mol. The Labute approximate surface area is 133 Å². The molecule has 1 aliphatic rings. The molecule has 1 N–H and O–H groups in total. The minimum atomic E-state index is 0.0495. The summed E-state index contributed by atoms with van der Waals surface area (Å²) in [6.07, 6.45) is 4.64. The normalized spacial score (nSPS) is 14.2. The molecule has 1 amide bonds. The number of thiazole rings is 1. The molecule has 0 atom stereocenters. The van der Waals surface area contributed by atoms with E-state index >= 15 is 0 Å². The molecule has 0 aliphatic heterocycles. The van der Waals surface area contributed by atoms with Gasteiger partial charge in [0, 0.05) is 21.6 Å². The minimum Gasteiger partial charge on any atom is -0.346 e. The van der Waals surface area contributed by atoms with Gasteiger partial charge in [-0.25, -0.2) is 4.98 Å². The Morgan fingerprint density at radius 1 is 1.29 bits per heavy atom. The molecule has 0 fully saturated rings. The second kappa shape index (κ2) is 6.28. The molecule has 0 saturated heterocycles. The van der Waals surface area contributed by atoms with E-state index in [-0.39, 0.29) is 5.91 Å². The molecule has 2 aromatic heterocycles. The summed E-state index contributed by atoms with van der Waals surface area (Å²) >= 11 is 3.40. The largest absolute Gasteiger partial charge is 0.346 e. The van der Waals surface area contributed by atoms with Gasteiger partial charge in [-0.15, -0.1) is 22.7 Å². The van der Waals surface area contributed by atoms with Crippen molar-refractivity contribution in [3.05, 3.63) is 37.5 Å². The van der Waals surface area contributed by atoms with Gasteiger partial charge in [-0.1, -0.05) is 13.8 Å². The number of carbonyl (C=O) groups excluding carboxylic acids is 1. The molecular weight excluding hydrogens is 300 g/mol. The number of nitrogens with zero attached hydrogens (tertiary/aromatic N) is 1. The molecule has 0 radical (unpaired) electrons. The molecule has 0 spiro atoms. The zero-order valence-electron chi connectivity index (χ0n) is 12.4. The van der Waals surface area contributed by atoms with Crippen LogP contribution in [0.1, 0.15) is 64.1 Å². The number of aryl methyl sites for hydroxylation is 1. The monoisotopic (exact) mass is 320 g/mol. The van der Waals surface area contributed by atoms with Crippen molar-refractivity contribution in [2.45, 2.75) is 52.0 Å². The van der Waals surface area contributed by atoms with Gasteiger partial charge in [0.25, 0.3) is 5.91 Å². The first-order valence-corrected chi connectivity index (χ1v) is 9.23. The van der Waals surface area contributed by atoms with Crippen molar-refractivity contribution < 1.29 is 4.79 Å². The summed E-state index contributed by atoms with van der Waals surface area (Å²) in [5.41, 5.74) is 3.13. The Hall–Kier alpha value is -1.20. The van der Waals surface area contributed by atoms with Crippen LogP contribution in [0, 0.1) is 0 Å². The number of thiophene rings is 1. The fourth-order valence-electron chi connectivity index (χ4n) is 2.62. The third-order valence-electron chi connectivity index (χ3n) is 3.80. The van der Waals surface area contributed by atoms with Crippen molar-refractivity contribution >= 4 is 28.6 Å². The molecule has 2 aromatic rings. The lowest BCUT2D eigenvalue weighted by Crippen LogP contribution is -2.24. The Morgan fingerprint density at radius 2 is 2.10 bits per heavy atom. The molecule has 1 aliphatic carbocycles. The van der Waals surface area contributed by atoms with Gasteiger partial charge in [0.2, 0.25) is 0 Å². The SMILES string of the molecule is CC(C)c1nc(CNC(=O)c2csc3c2CCCC3)cs1. The summed E-state index contributed by atoms with van der Waals surface area (Å²) in [4.78, 5) is 18.3. The highest BCUT2D eigenvalue weighted by molar-refractivity contribution is 7.10. The third-order valence-corrected chi connectivity index (χ3v) is 6.08. The second-order valence-corrected chi connectivity index (χ2v) is 7.63. The Bertz CT molecular complexity index is 642. The Morgan fingerprint density at radius 3 is 2.86 bits per heavy atom. The van der Waals surface area contributed by atoms with Crippen molar-refractivity contribution in [1.29, 1.82) is 0 Å². The number of fused-ring (bicyclic) bond motifs is 1. The lowest BCUT2D eigenvalue weighted by molar-refractivity contribution is 0.0950. The van der Waals surface area contributed by atoms with Crippen molar-refractivity contribution in [2.75, 3.05) is 0 Å². The molecule has 3 nitrogen and oxygen atoms in total. The summed E-state index contributed by atoms with van der Waals surface area (Å²) in [6, 6.07) is 0. The van der Waals surface area contributed by atoms with E-state index in [0.29, 0.717) is 12.5 Å². The van der Waals surface area contributed by atoms with Gasteiger partial charge >= 0.3 is 0 Å². The van der Waals surface area contributed by atoms with Gasteiger partial charge in [0.05, 0.1) is 22.8 Å². The van der Waals surface area contributed by atoms with E-state index in [0.717, 1.165) is 29.1 Å². The number of hydrogen-bond acceptors (Lipinski definition) is 4. The average Bonchev–Trinajstić information content (AvgIpc) is 3.11. The number of carbonyl (C=O) groups is 1. The molecule has 5 heteroatoms. The summed E-state index contributed by atoms with van der Waals surface area (Å²) in [5.74, 6) is 0.497. The minimum absolute atomic E-state index is 0.0495. The maximum atomic E-state index is 12.4. The topological polar surface area (TPSA) is 42.0 Å². The lowest BCUT2D eigenvalue weighted by Gasteiger charge is -2.12. The van der Waals surface area contributed by atoms with Crippen molar-refractivity contribution in [3.8, 4) is 0 Å². The van der Waals surface area contributed by atoms with Crippen LogP contribution in [-0.2, 0) is 19.4 Å². The fourth-order valence-corrected chi connectivity index (χ4v) is 4.58. The van der Waals surface area contributed by atoms with Crippen LogP contribution in [0.15, 0.2) is 10.8 Å². The van der Waals surface area contributed by atoms with E-state index in [1.54, 1.807) is 22.7 Å². The number of hydrogen-bond donors (Lipinski definition) is 1. The zero-order valence-corrected chi connectivity index (χ0v) is 14.1. The van der Waals surface area contributed by atoms with Crippen LogP contribution in [0.3, 0.4) is 0 Å². The van der Waals surface area contributed by atoms with E-state index in [9.17, 15) is 4.79 Å². The van der Waals surface area contributed by atoms with Crippen LogP contribution in [0.5, 0.6) is 0 Å². The van der Waals surface area contributed by atoms with Crippen LogP contribution < -0.4 is 5.32 Å². The number of amides is 1. The van der Waals surface area contributed by atoms with Gasteiger partial charge in [-0.3, -0.25) is 4.79 Å². The molecule has 21 heavy (non-hydrogen) atoms. The average molecular weight is 320 g/mol. The Kier molecular flexibility index (Phi) is 4.40. The second-order valence-electron chi connectivity index (χ2n) is 5.77. The fraction of sp³-hybridized carbons (Fsp3) is 0.500. The van der Waals surface area contributed by atoms with E-state index in [2.05, 4.69) is 24.1 Å². The van der Waals surface area contributed by atoms with E-state index in [1.165, 1.54) is 23.3 Å². The number of aromatic nitrogens is 1. The Balaban J connectivity index is 1.65. The van der Waals surface area contributed by atoms with Crippen LogP contribution in [0.2, 0.25) is 0 Å². The van der Waals surface area contributed by atoms with E-state index in [4.69, 9.17) is 0 Å². The van der Waals surface area contributed by atoms with E-state index in [1.807, 2.05) is 10.8 Å². The smallest absolute Gasteiger partial charge is 0.252 e. The highest BCUT2D eigenvalue weighted by atomic mass is 32.1. The van der Waals surface area contributed by atoms with Crippen molar-refractivity contribution in [2.24, 2.45) is 0 Å². The van der Waals surface area contributed by atoms with Gasteiger partial charge in [0.15, 0.2) is 0 Å². The van der Waals surface area contributed by atoms with Gasteiger partial charge in [0.1, 0.15) is 0 Å². The molecule has 112 valence electrons. The quantitative estimate of drug-likeness (QED) is 0.920. The third kappa shape index (κ3) is 3.19. The maximum Gasteiger partial charge on any atom is 0.252 e. The maximum absolute atomic E-state index is 12.4. The molecule has 0 aromatic carbocycles. The van der Waals surface area contributed by atoms with Crippen LogP contribution in [-0.4, -0.2) is 10.9 Å². The van der Waals surface area contributed by atoms with Crippen molar-refractivity contribution in [1.82, 2.24) is 10.3 Å². The first-order valence-electron chi connectivity index (χ1n) is 7.47. The van der Waals surface area contributed by atoms with E-state index < -0.39 is 0 Å². The number of rotatable bonds is 4. The molecule has 0 saturated carbocycles. The standard InChI is InChI=1S/C16H20N2OS2/c1-10(2)16-18-11(8-21-16)7-17-15(19)13-9-20-14-6-4-3-5-12(13)14/h8-10H,3-7H2,1-2H3,(H,17,19). The summed E-state index contributed by atoms with van der Waals surface area (Å²) < 4.78 is 0. The summed E-state index contributed by atoms with van der Waals surface area (Å²) in [7, 11) is 0. The van der Waals surface area contributed by atoms with Gasteiger partial charge < -0.3 is 5.32 Å². The summed E-state index contributed by atoms with van der Waals surface area (Å²) in [5, 5.41) is 8.21. The molecule has 0 unspecified atom stereocenters. The van der Waals surface area contributed by atoms with Crippen molar-refractivity contribution in [3.63, 3.8) is 0 Å². The molecule has 2 heterocycles. The van der Waals surface area contributed by atoms with Gasteiger partial charge in [-0.05, 0) is 31.2 Å². The van der Waals surface area contributed by atoms with Crippen LogP contribution in [0.25, 0.3) is 0 Å². The first kappa shape index (κ1) is 14.7. The molecule has 3 rings (SSSR count). The molecule has 0 bridgehead atoms. The van der Waals surface area contributed by atoms with Crippen LogP contribution >= 0.6 is 22.7 Å². The van der Waals surface area contributed by atoms with Gasteiger partial charge in [-0.2, -0.15) is 0 Å². The summed E-state index contributed by atoms with van der Waals surface area (Å²) in [6.45, 7) is 4.80. The van der Waals surface area contributed by atoms with Crippen LogP contribution in [0.4, 0.5) is 0 Å². The highest BCUT2D eigenvalue weighted by Crippen LogP contribution is 2.30. The predicted octanol–water partition coefficient (Wildman–Crippen LogP) is 4.14. The lowest BCUT2D eigenvalue weighted by atomic mass is 9.96. The zero-order chi connectivity index (χ0) is 14.8. The number of nitrogens with one attached hydrogen (secondary N) is 1. The highest BCUT2D eigenvalue weighted by Gasteiger charge is 2.20. The first-order chi connectivity index (χ1) is 10.1. The molecular formula is C16H20N2OS2.